The fourth-order valence-electron chi connectivity index (χ4n) is 4.44. The van der Waals surface area contributed by atoms with Gasteiger partial charge in [0.25, 0.3) is 0 Å². The quantitative estimate of drug-likeness (QED) is 0.336. The Morgan fingerprint density at radius 2 is 2.00 bits per heavy atom. The second-order valence-electron chi connectivity index (χ2n) is 8.13. The van der Waals surface area contributed by atoms with Crippen LogP contribution in [0.5, 0.6) is 0 Å². The third kappa shape index (κ3) is 3.00. The minimum Gasteiger partial charge on any atom is -0.388 e. The van der Waals surface area contributed by atoms with Crippen molar-refractivity contribution in [2.24, 2.45) is 0 Å². The van der Waals surface area contributed by atoms with E-state index in [1.807, 2.05) is 24.3 Å². The number of aryl methyl sites for hydroxylation is 1. The molecule has 1 aliphatic rings. The molecule has 6 rings (SSSR count). The number of nitrogens with two attached hydrogens (primary N) is 1. The predicted molar refractivity (Wildman–Crippen MR) is 118 cm³/mol. The van der Waals surface area contributed by atoms with Gasteiger partial charge in [0.05, 0.1) is 23.2 Å². The summed E-state index contributed by atoms with van der Waals surface area (Å²) in [5.74, 6) is 0.357. The van der Waals surface area contributed by atoms with Crippen molar-refractivity contribution in [3.05, 3.63) is 54.6 Å². The van der Waals surface area contributed by atoms with Gasteiger partial charge in [0.2, 0.25) is 0 Å². The maximum atomic E-state index is 10.7. The molecule has 1 aliphatic heterocycles. The average Bonchev–Trinajstić information content (AvgIpc) is 3.50. The number of aliphatic hydroxyl groups is 2. The van der Waals surface area contributed by atoms with Crippen molar-refractivity contribution < 1.29 is 14.9 Å². The molecule has 10 heteroatoms. The Bertz CT molecular complexity index is 1450. The van der Waals surface area contributed by atoms with Gasteiger partial charge >= 0.3 is 0 Å². The van der Waals surface area contributed by atoms with Gasteiger partial charge in [-0.1, -0.05) is 12.1 Å². The van der Waals surface area contributed by atoms with Crippen LogP contribution in [0.25, 0.3) is 33.0 Å². The first kappa shape index (κ1) is 19.1. The standard InChI is InChI=1S/C22H21N7O3/c23-19-14-5-6-29(21(14)25-10-24-19)22-18(31)17(30)16(32-22)4-2-11-1-3-12-8-13-9-26-28-20(13)27-15(12)7-11/h1,3,5-10,16-18,22,30-31H,2,4H2,(H2,23,24,25)(H,26,27,28)/t16-,17-,18-,22-/m1/s1. The van der Waals surface area contributed by atoms with Gasteiger partial charge in [-0.05, 0) is 36.6 Å². The second-order valence-corrected chi connectivity index (χ2v) is 8.13. The third-order valence-corrected chi connectivity index (χ3v) is 6.15. The van der Waals surface area contributed by atoms with Crippen LogP contribution >= 0.6 is 0 Å². The SMILES string of the molecule is Nc1ncnc2c1ccn2[C@@H]1O[C@H](CCc2ccc3cc4cn[nH]c4nc3c2)[C@@H](O)[C@H]1O. The van der Waals surface area contributed by atoms with Crippen molar-refractivity contribution in [2.45, 2.75) is 37.4 Å². The highest BCUT2D eigenvalue weighted by molar-refractivity contribution is 5.91. The van der Waals surface area contributed by atoms with Crippen molar-refractivity contribution >= 4 is 38.8 Å². The number of ether oxygens (including phenoxy) is 1. The van der Waals surface area contributed by atoms with Gasteiger partial charge in [-0.2, -0.15) is 5.10 Å². The highest BCUT2D eigenvalue weighted by Gasteiger charge is 2.43. The van der Waals surface area contributed by atoms with Crippen LogP contribution in [0.1, 0.15) is 18.2 Å². The summed E-state index contributed by atoms with van der Waals surface area (Å²) in [6, 6.07) is 9.94. The summed E-state index contributed by atoms with van der Waals surface area (Å²) < 4.78 is 7.76. The number of aromatic amines is 1. The van der Waals surface area contributed by atoms with Gasteiger partial charge in [0.1, 0.15) is 30.0 Å². The molecule has 1 aromatic carbocycles. The molecule has 4 atom stereocenters. The number of fused-ring (bicyclic) bond motifs is 3. The van der Waals surface area contributed by atoms with E-state index in [-0.39, 0.29) is 0 Å². The number of anilines is 1. The monoisotopic (exact) mass is 431 g/mol. The normalized spacial score (nSPS) is 23.6. The van der Waals surface area contributed by atoms with Crippen LogP contribution in [-0.2, 0) is 11.2 Å². The number of aliphatic hydroxyl groups excluding tert-OH is 2. The summed E-state index contributed by atoms with van der Waals surface area (Å²) in [5, 5.41) is 30.9. The fraction of sp³-hybridized carbons (Fsp3) is 0.273. The Morgan fingerprint density at radius 1 is 1.09 bits per heavy atom. The van der Waals surface area contributed by atoms with E-state index in [9.17, 15) is 10.2 Å². The number of nitrogens with one attached hydrogen (secondary N) is 1. The number of benzene rings is 1. The van der Waals surface area contributed by atoms with Crippen LogP contribution in [0.3, 0.4) is 0 Å². The van der Waals surface area contributed by atoms with E-state index in [1.54, 1.807) is 23.0 Å². The molecule has 10 nitrogen and oxygen atoms in total. The average molecular weight is 431 g/mol. The molecule has 1 fully saturated rings. The van der Waals surface area contributed by atoms with Crippen LogP contribution in [0, 0.1) is 0 Å². The van der Waals surface area contributed by atoms with Crippen LogP contribution in [-0.4, -0.2) is 58.2 Å². The van der Waals surface area contributed by atoms with E-state index in [2.05, 4.69) is 25.1 Å². The minimum atomic E-state index is -1.08. The van der Waals surface area contributed by atoms with E-state index in [0.29, 0.717) is 29.7 Å². The van der Waals surface area contributed by atoms with Crippen molar-refractivity contribution in [1.82, 2.24) is 29.7 Å². The zero-order valence-electron chi connectivity index (χ0n) is 17.0. The largest absolute Gasteiger partial charge is 0.388 e. The molecular weight excluding hydrogens is 410 g/mol. The van der Waals surface area contributed by atoms with Crippen LogP contribution < -0.4 is 5.73 Å². The molecule has 5 aromatic rings. The molecular formula is C22H21N7O3. The number of pyridine rings is 1. The molecule has 0 saturated carbocycles. The molecule has 0 aliphatic carbocycles. The Kier molecular flexibility index (Phi) is 4.32. The number of hydrogen-bond donors (Lipinski definition) is 4. The number of hydrogen-bond acceptors (Lipinski definition) is 8. The van der Waals surface area contributed by atoms with Crippen molar-refractivity contribution in [2.75, 3.05) is 5.73 Å². The molecule has 5 N–H and O–H groups in total. The number of H-pyrrole nitrogens is 1. The summed E-state index contributed by atoms with van der Waals surface area (Å²) in [5.41, 5.74) is 9.16. The summed E-state index contributed by atoms with van der Waals surface area (Å²) in [6.45, 7) is 0. The number of nitrogen functional groups attached to an aromatic ring is 1. The van der Waals surface area contributed by atoms with Crippen molar-refractivity contribution in [3.63, 3.8) is 0 Å². The van der Waals surface area contributed by atoms with E-state index < -0.39 is 24.5 Å². The van der Waals surface area contributed by atoms with E-state index in [4.69, 9.17) is 10.5 Å². The maximum Gasteiger partial charge on any atom is 0.164 e. The van der Waals surface area contributed by atoms with Gasteiger partial charge in [0.15, 0.2) is 11.9 Å². The third-order valence-electron chi connectivity index (χ3n) is 6.15. The smallest absolute Gasteiger partial charge is 0.164 e. The molecule has 0 bridgehead atoms. The van der Waals surface area contributed by atoms with E-state index in [0.717, 1.165) is 27.5 Å². The van der Waals surface area contributed by atoms with E-state index in [1.165, 1.54) is 6.33 Å². The highest BCUT2D eigenvalue weighted by atomic mass is 16.6. The molecule has 5 heterocycles. The number of aromatic nitrogens is 6. The number of rotatable bonds is 4. The van der Waals surface area contributed by atoms with Crippen molar-refractivity contribution in [1.29, 1.82) is 0 Å². The molecule has 1 saturated heterocycles. The van der Waals surface area contributed by atoms with Crippen LogP contribution in [0.15, 0.2) is 49.1 Å². The van der Waals surface area contributed by atoms with E-state index >= 15 is 0 Å². The van der Waals surface area contributed by atoms with Crippen LogP contribution in [0.4, 0.5) is 5.82 Å². The van der Waals surface area contributed by atoms with Gasteiger partial charge in [-0.3, -0.25) is 5.10 Å². The molecule has 0 unspecified atom stereocenters. The Labute approximate surface area is 181 Å². The van der Waals surface area contributed by atoms with Gasteiger partial charge in [0, 0.05) is 17.0 Å². The molecule has 32 heavy (non-hydrogen) atoms. The summed E-state index contributed by atoms with van der Waals surface area (Å²) >= 11 is 0. The lowest BCUT2D eigenvalue weighted by molar-refractivity contribution is -0.0364. The van der Waals surface area contributed by atoms with Gasteiger partial charge < -0.3 is 25.3 Å². The lowest BCUT2D eigenvalue weighted by Crippen LogP contribution is -2.31. The summed E-state index contributed by atoms with van der Waals surface area (Å²) in [4.78, 5) is 12.9. The second kappa shape index (κ2) is 7.23. The van der Waals surface area contributed by atoms with Gasteiger partial charge in [-0.15, -0.1) is 0 Å². The van der Waals surface area contributed by atoms with Crippen LogP contribution in [0.2, 0.25) is 0 Å². The topological polar surface area (TPSA) is 148 Å². The summed E-state index contributed by atoms with van der Waals surface area (Å²) in [7, 11) is 0. The van der Waals surface area contributed by atoms with Gasteiger partial charge in [-0.25, -0.2) is 15.0 Å². The molecule has 0 amide bonds. The maximum absolute atomic E-state index is 10.7. The Morgan fingerprint density at radius 3 is 2.91 bits per heavy atom. The molecule has 0 spiro atoms. The minimum absolute atomic E-state index is 0.357. The summed E-state index contributed by atoms with van der Waals surface area (Å²) in [6.07, 6.45) is 2.70. The Hall–Kier alpha value is -3.60. The Balaban J connectivity index is 1.22. The lowest BCUT2D eigenvalue weighted by Gasteiger charge is -2.17. The molecule has 0 radical (unpaired) electrons. The first-order valence-electron chi connectivity index (χ1n) is 10.4. The first-order chi connectivity index (χ1) is 15.6. The molecule has 162 valence electrons. The van der Waals surface area contributed by atoms with Crippen molar-refractivity contribution in [3.8, 4) is 0 Å². The fourth-order valence-corrected chi connectivity index (χ4v) is 4.44. The first-order valence-corrected chi connectivity index (χ1v) is 10.4. The molecule has 4 aromatic heterocycles. The lowest BCUT2D eigenvalue weighted by atomic mass is 10.0. The number of nitrogens with zero attached hydrogens (tertiary/aromatic N) is 5. The highest BCUT2D eigenvalue weighted by Crippen LogP contribution is 2.34. The predicted octanol–water partition coefficient (Wildman–Crippen LogP) is 1.69. The zero-order valence-corrected chi connectivity index (χ0v) is 17.0. The zero-order chi connectivity index (χ0) is 21.8.